The van der Waals surface area contributed by atoms with Crippen molar-refractivity contribution in [3.05, 3.63) is 103 Å². The molecule has 7 rings (SSSR count). The Hall–Kier alpha value is -3.66. The van der Waals surface area contributed by atoms with Gasteiger partial charge in [-0.2, -0.15) is 0 Å². The summed E-state index contributed by atoms with van der Waals surface area (Å²) in [5.74, 6) is 0. The summed E-state index contributed by atoms with van der Waals surface area (Å²) in [4.78, 5) is 0. The van der Waals surface area contributed by atoms with Gasteiger partial charge in [-0.25, -0.2) is 0 Å². The van der Waals surface area contributed by atoms with Gasteiger partial charge in [-0.05, 0) is 59.7 Å². The first-order valence-electron chi connectivity index (χ1n) is 11.5. The second-order valence-corrected chi connectivity index (χ2v) is 8.65. The van der Waals surface area contributed by atoms with E-state index in [4.69, 9.17) is 9.31 Å². The summed E-state index contributed by atoms with van der Waals surface area (Å²) >= 11 is 0. The predicted molar refractivity (Wildman–Crippen MR) is 139 cm³/mol. The second-order valence-electron chi connectivity index (χ2n) is 8.65. The van der Waals surface area contributed by atoms with Crippen molar-refractivity contribution < 1.29 is 9.31 Å². The lowest BCUT2D eigenvalue weighted by atomic mass is 9.70. The Balaban J connectivity index is 1.80. The van der Waals surface area contributed by atoms with E-state index in [1.165, 1.54) is 54.2 Å². The van der Waals surface area contributed by atoms with E-state index in [1.54, 1.807) is 0 Å². The smallest absolute Gasteiger partial charge is 0.405 e. The molecule has 0 aliphatic carbocycles. The number of fused-ring (bicyclic) bond motifs is 6. The largest absolute Gasteiger partial charge is 0.495 e. The maximum Gasteiger partial charge on any atom is 0.495 e. The van der Waals surface area contributed by atoms with Crippen molar-refractivity contribution in [2.75, 3.05) is 13.2 Å². The molecular formula is C30H21BO2. The van der Waals surface area contributed by atoms with E-state index in [1.807, 2.05) is 0 Å². The lowest BCUT2D eigenvalue weighted by Crippen LogP contribution is -2.33. The van der Waals surface area contributed by atoms with E-state index < -0.39 is 0 Å². The zero-order valence-corrected chi connectivity index (χ0v) is 18.1. The van der Waals surface area contributed by atoms with Crippen molar-refractivity contribution in [1.29, 1.82) is 0 Å². The molecule has 1 heterocycles. The summed E-state index contributed by atoms with van der Waals surface area (Å²) < 4.78 is 12.3. The highest BCUT2D eigenvalue weighted by atomic mass is 16.6. The first-order valence-corrected chi connectivity index (χ1v) is 11.5. The Morgan fingerprint density at radius 1 is 0.485 bits per heavy atom. The summed E-state index contributed by atoms with van der Waals surface area (Å²) in [7, 11) is -0.369. The van der Waals surface area contributed by atoms with E-state index in [0.29, 0.717) is 13.2 Å². The zero-order chi connectivity index (χ0) is 21.8. The molecule has 0 saturated carbocycles. The van der Waals surface area contributed by atoms with Gasteiger partial charge in [0.25, 0.3) is 0 Å². The summed E-state index contributed by atoms with van der Waals surface area (Å²) in [6, 6.07) is 37.0. The molecule has 156 valence electrons. The molecule has 0 N–H and O–H groups in total. The zero-order valence-electron chi connectivity index (χ0n) is 18.1. The first kappa shape index (κ1) is 18.9. The average Bonchev–Trinajstić information content (AvgIpc) is 3.42. The highest BCUT2D eigenvalue weighted by Crippen LogP contribution is 2.41. The topological polar surface area (TPSA) is 18.5 Å². The lowest BCUT2D eigenvalue weighted by molar-refractivity contribution is 0.365. The number of hydrogen-bond acceptors (Lipinski definition) is 2. The standard InChI is InChI=1S/C30H21BO2/c1-2-10-22(11-3-1)27-25-16-14-21-9-5-7-13-24(21)29(25)30(31-32-18-19-33-31)26-17-15-20-8-4-6-12-23(20)28(26)27/h1-17H,18-19H2. The van der Waals surface area contributed by atoms with Crippen molar-refractivity contribution in [2.24, 2.45) is 0 Å². The SMILES string of the molecule is c1ccc(-c2c3ccc4ccccc4c3c(B3OCCO3)c3ccc4ccccc4c23)cc1. The van der Waals surface area contributed by atoms with Crippen molar-refractivity contribution in [1.82, 2.24) is 0 Å². The Morgan fingerprint density at radius 2 is 1.06 bits per heavy atom. The molecule has 1 fully saturated rings. The lowest BCUT2D eigenvalue weighted by Gasteiger charge is -2.21. The molecule has 0 aromatic heterocycles. The molecule has 1 aliphatic heterocycles. The Morgan fingerprint density at radius 3 is 1.76 bits per heavy atom. The van der Waals surface area contributed by atoms with Crippen LogP contribution in [0.4, 0.5) is 0 Å². The molecule has 0 unspecified atom stereocenters. The maximum absolute atomic E-state index is 6.14. The van der Waals surface area contributed by atoms with Crippen LogP contribution >= 0.6 is 0 Å². The van der Waals surface area contributed by atoms with Crippen molar-refractivity contribution in [3.8, 4) is 11.1 Å². The third-order valence-corrected chi connectivity index (χ3v) is 6.86. The van der Waals surface area contributed by atoms with Crippen LogP contribution in [0.15, 0.2) is 103 Å². The van der Waals surface area contributed by atoms with Gasteiger partial charge in [-0.3, -0.25) is 0 Å². The van der Waals surface area contributed by atoms with Crippen LogP contribution in [0.5, 0.6) is 0 Å². The van der Waals surface area contributed by atoms with E-state index in [0.717, 1.165) is 5.46 Å². The highest BCUT2D eigenvalue weighted by Gasteiger charge is 2.32. The van der Waals surface area contributed by atoms with Gasteiger partial charge in [0, 0.05) is 0 Å². The monoisotopic (exact) mass is 424 g/mol. The van der Waals surface area contributed by atoms with Gasteiger partial charge in [0.15, 0.2) is 0 Å². The first-order chi connectivity index (χ1) is 16.4. The molecule has 0 spiro atoms. The molecule has 0 radical (unpaired) electrons. The summed E-state index contributed by atoms with van der Waals surface area (Å²) in [6.07, 6.45) is 0. The number of rotatable bonds is 2. The molecule has 0 atom stereocenters. The number of hydrogen-bond donors (Lipinski definition) is 0. The molecule has 1 saturated heterocycles. The second kappa shape index (κ2) is 7.45. The van der Waals surface area contributed by atoms with E-state index in [2.05, 4.69) is 103 Å². The van der Waals surface area contributed by atoms with E-state index in [-0.39, 0.29) is 7.12 Å². The van der Waals surface area contributed by atoms with Gasteiger partial charge in [0.2, 0.25) is 0 Å². The Kier molecular flexibility index (Phi) is 4.26. The van der Waals surface area contributed by atoms with Gasteiger partial charge in [0.1, 0.15) is 0 Å². The molecule has 0 bridgehead atoms. The molecule has 6 aromatic rings. The van der Waals surface area contributed by atoms with Crippen LogP contribution in [-0.4, -0.2) is 20.3 Å². The van der Waals surface area contributed by atoms with Gasteiger partial charge in [-0.15, -0.1) is 0 Å². The Labute approximate surface area is 192 Å². The predicted octanol–water partition coefficient (Wildman–Crippen LogP) is 6.71. The van der Waals surface area contributed by atoms with Crippen LogP contribution in [0.3, 0.4) is 0 Å². The van der Waals surface area contributed by atoms with Crippen LogP contribution < -0.4 is 5.46 Å². The quantitative estimate of drug-likeness (QED) is 0.175. The minimum atomic E-state index is -0.369. The third-order valence-electron chi connectivity index (χ3n) is 6.86. The summed E-state index contributed by atoms with van der Waals surface area (Å²) in [5, 5.41) is 9.86. The van der Waals surface area contributed by atoms with Gasteiger partial charge in [0.05, 0.1) is 13.2 Å². The van der Waals surface area contributed by atoms with Gasteiger partial charge < -0.3 is 9.31 Å². The maximum atomic E-state index is 6.14. The van der Waals surface area contributed by atoms with Crippen molar-refractivity contribution in [2.45, 2.75) is 0 Å². The minimum absolute atomic E-state index is 0.369. The fraction of sp³-hybridized carbons (Fsp3) is 0.0667. The van der Waals surface area contributed by atoms with Gasteiger partial charge in [-0.1, -0.05) is 103 Å². The minimum Gasteiger partial charge on any atom is -0.405 e. The fourth-order valence-electron chi connectivity index (χ4n) is 5.48. The highest BCUT2D eigenvalue weighted by molar-refractivity contribution is 6.69. The van der Waals surface area contributed by atoms with Crippen molar-refractivity contribution in [3.63, 3.8) is 0 Å². The molecule has 33 heavy (non-hydrogen) atoms. The molecule has 2 nitrogen and oxygen atoms in total. The average molecular weight is 424 g/mol. The summed E-state index contributed by atoms with van der Waals surface area (Å²) in [5.41, 5.74) is 3.63. The van der Waals surface area contributed by atoms with Crippen LogP contribution in [0.25, 0.3) is 54.2 Å². The van der Waals surface area contributed by atoms with E-state index in [9.17, 15) is 0 Å². The van der Waals surface area contributed by atoms with Crippen LogP contribution in [0, 0.1) is 0 Å². The molecule has 0 amide bonds. The van der Waals surface area contributed by atoms with Crippen LogP contribution in [0.1, 0.15) is 0 Å². The fourth-order valence-corrected chi connectivity index (χ4v) is 5.48. The third kappa shape index (κ3) is 2.83. The van der Waals surface area contributed by atoms with Crippen molar-refractivity contribution >= 4 is 55.7 Å². The van der Waals surface area contributed by atoms with Gasteiger partial charge >= 0.3 is 7.12 Å². The molecular weight excluding hydrogens is 403 g/mol. The summed E-state index contributed by atoms with van der Waals surface area (Å²) in [6.45, 7) is 1.23. The number of benzene rings is 6. The molecule has 3 heteroatoms. The van der Waals surface area contributed by atoms with Crippen LogP contribution in [0.2, 0.25) is 0 Å². The van der Waals surface area contributed by atoms with Crippen LogP contribution in [-0.2, 0) is 9.31 Å². The van der Waals surface area contributed by atoms with E-state index >= 15 is 0 Å². The molecule has 6 aromatic carbocycles. The Bertz CT molecular complexity index is 1670. The normalized spacial score (nSPS) is 14.1. The molecule has 1 aliphatic rings.